The Labute approximate surface area is 138 Å². The number of rotatable bonds is 4. The van der Waals surface area contributed by atoms with E-state index in [0.29, 0.717) is 0 Å². The Hall–Kier alpha value is -2.13. The lowest BCUT2D eigenvalue weighted by atomic mass is 10.1. The second-order valence-corrected chi connectivity index (χ2v) is 6.21. The van der Waals surface area contributed by atoms with Crippen LogP contribution in [0.2, 0.25) is 0 Å². The number of hydrogen-bond acceptors (Lipinski definition) is 2. The third-order valence-electron chi connectivity index (χ3n) is 4.33. The number of carbonyl (C=O) groups is 1. The molecule has 1 N–H and O–H groups in total. The van der Waals surface area contributed by atoms with E-state index < -0.39 is 0 Å². The van der Waals surface area contributed by atoms with Gasteiger partial charge in [-0.15, -0.1) is 0 Å². The van der Waals surface area contributed by atoms with Gasteiger partial charge in [0.2, 0.25) is 0 Å². The van der Waals surface area contributed by atoms with Crippen molar-refractivity contribution < 1.29 is 4.79 Å². The minimum Gasteiger partial charge on any atom is -0.322 e. The number of carbonyl (C=O) groups excluding carboxylic acids is 1. The van der Waals surface area contributed by atoms with Crippen molar-refractivity contribution in [3.8, 4) is 0 Å². The molecule has 1 heterocycles. The summed E-state index contributed by atoms with van der Waals surface area (Å²) < 4.78 is 0. The van der Waals surface area contributed by atoms with Crippen LogP contribution in [0.5, 0.6) is 0 Å². The van der Waals surface area contributed by atoms with Gasteiger partial charge in [-0.3, -0.25) is 9.69 Å². The quantitative estimate of drug-likeness (QED) is 0.912. The van der Waals surface area contributed by atoms with Gasteiger partial charge in [-0.25, -0.2) is 0 Å². The average molecular weight is 308 g/mol. The molecule has 2 aromatic rings. The van der Waals surface area contributed by atoms with Crippen LogP contribution >= 0.6 is 0 Å². The van der Waals surface area contributed by atoms with Crippen molar-refractivity contribution in [3.05, 3.63) is 65.7 Å². The number of anilines is 1. The fraction of sp³-hybridized carbons (Fsp3) is 0.350. The molecule has 0 radical (unpaired) electrons. The van der Waals surface area contributed by atoms with Crippen molar-refractivity contribution in [2.24, 2.45) is 0 Å². The van der Waals surface area contributed by atoms with E-state index in [1.807, 2.05) is 48.5 Å². The van der Waals surface area contributed by atoms with Crippen LogP contribution in [0.3, 0.4) is 0 Å². The molecule has 0 bridgehead atoms. The van der Waals surface area contributed by atoms with E-state index in [1.54, 1.807) is 0 Å². The van der Waals surface area contributed by atoms with E-state index in [9.17, 15) is 4.79 Å². The molecule has 0 spiro atoms. The second-order valence-electron chi connectivity index (χ2n) is 6.21. The van der Waals surface area contributed by atoms with E-state index in [4.69, 9.17) is 0 Å². The maximum atomic E-state index is 12.4. The summed E-state index contributed by atoms with van der Waals surface area (Å²) in [4.78, 5) is 14.9. The number of para-hydroxylation sites is 1. The zero-order chi connectivity index (χ0) is 15.9. The first-order valence-corrected chi connectivity index (χ1v) is 8.49. The second kappa shape index (κ2) is 7.93. The zero-order valence-electron chi connectivity index (χ0n) is 13.5. The van der Waals surface area contributed by atoms with Crippen molar-refractivity contribution in [2.75, 3.05) is 18.4 Å². The highest BCUT2D eigenvalue weighted by Crippen LogP contribution is 2.15. The van der Waals surface area contributed by atoms with Gasteiger partial charge in [0.25, 0.3) is 5.91 Å². The monoisotopic (exact) mass is 308 g/mol. The van der Waals surface area contributed by atoms with Gasteiger partial charge in [-0.05, 0) is 55.8 Å². The van der Waals surface area contributed by atoms with Crippen LogP contribution in [-0.2, 0) is 6.54 Å². The number of nitrogens with zero attached hydrogens (tertiary/aromatic N) is 1. The first-order valence-electron chi connectivity index (χ1n) is 8.49. The summed E-state index contributed by atoms with van der Waals surface area (Å²) in [5.41, 5.74) is 2.77. The van der Waals surface area contributed by atoms with Crippen LogP contribution in [0.15, 0.2) is 54.6 Å². The predicted molar refractivity (Wildman–Crippen MR) is 94.6 cm³/mol. The van der Waals surface area contributed by atoms with Crippen LogP contribution in [0.4, 0.5) is 5.69 Å². The third-order valence-corrected chi connectivity index (χ3v) is 4.33. The fourth-order valence-corrected chi connectivity index (χ4v) is 3.09. The molecule has 0 aromatic heterocycles. The summed E-state index contributed by atoms with van der Waals surface area (Å²) in [6.45, 7) is 3.27. The lowest BCUT2D eigenvalue weighted by molar-refractivity contribution is 0.102. The largest absolute Gasteiger partial charge is 0.322 e. The van der Waals surface area contributed by atoms with Crippen LogP contribution in [0.1, 0.15) is 41.6 Å². The topological polar surface area (TPSA) is 32.3 Å². The zero-order valence-corrected chi connectivity index (χ0v) is 13.5. The number of nitrogens with one attached hydrogen (secondary N) is 1. The molecule has 0 atom stereocenters. The lowest BCUT2D eigenvalue weighted by Crippen LogP contribution is -2.24. The summed E-state index contributed by atoms with van der Waals surface area (Å²) in [6.07, 6.45) is 5.26. The van der Waals surface area contributed by atoms with Gasteiger partial charge in [0, 0.05) is 17.8 Å². The normalized spacial score (nSPS) is 15.8. The number of amides is 1. The van der Waals surface area contributed by atoms with E-state index in [1.165, 1.54) is 44.3 Å². The standard InChI is InChI=1S/C20H24N2O/c23-20(21-19-11-4-3-5-12-19)18-10-8-9-17(15-18)16-22-13-6-1-2-7-14-22/h3-5,8-12,15H,1-2,6-7,13-14,16H2,(H,21,23). The molecule has 2 aromatic carbocycles. The fourth-order valence-electron chi connectivity index (χ4n) is 3.09. The number of likely N-dealkylation sites (tertiary alicyclic amines) is 1. The SMILES string of the molecule is O=C(Nc1ccccc1)c1cccc(CN2CCCCCC2)c1. The minimum absolute atomic E-state index is 0.0473. The Morgan fingerprint density at radius 2 is 1.65 bits per heavy atom. The van der Waals surface area contributed by atoms with Gasteiger partial charge in [0.15, 0.2) is 0 Å². The molecule has 23 heavy (non-hydrogen) atoms. The van der Waals surface area contributed by atoms with Crippen LogP contribution in [0, 0.1) is 0 Å². The summed E-state index contributed by atoms with van der Waals surface area (Å²) in [6, 6.07) is 17.6. The van der Waals surface area contributed by atoms with Crippen molar-refractivity contribution in [1.82, 2.24) is 4.90 Å². The summed E-state index contributed by atoms with van der Waals surface area (Å²) in [7, 11) is 0. The summed E-state index contributed by atoms with van der Waals surface area (Å²) in [5, 5.41) is 2.95. The van der Waals surface area contributed by atoms with Crippen molar-refractivity contribution in [1.29, 1.82) is 0 Å². The number of hydrogen-bond donors (Lipinski definition) is 1. The maximum absolute atomic E-state index is 12.4. The van der Waals surface area contributed by atoms with Gasteiger partial charge < -0.3 is 5.32 Å². The molecule has 1 aliphatic heterocycles. The van der Waals surface area contributed by atoms with Crippen molar-refractivity contribution in [3.63, 3.8) is 0 Å². The molecule has 0 unspecified atom stereocenters. The Bertz CT molecular complexity index is 631. The van der Waals surface area contributed by atoms with Gasteiger partial charge in [-0.2, -0.15) is 0 Å². The van der Waals surface area contributed by atoms with Gasteiger partial charge in [0.05, 0.1) is 0 Å². The Morgan fingerprint density at radius 1 is 0.913 bits per heavy atom. The maximum Gasteiger partial charge on any atom is 0.255 e. The summed E-state index contributed by atoms with van der Waals surface area (Å²) >= 11 is 0. The van der Waals surface area contributed by atoms with Crippen LogP contribution in [-0.4, -0.2) is 23.9 Å². The highest BCUT2D eigenvalue weighted by molar-refractivity contribution is 6.04. The molecule has 0 aliphatic carbocycles. The molecule has 3 heteroatoms. The van der Waals surface area contributed by atoms with E-state index in [0.717, 1.165) is 17.8 Å². The molecule has 1 saturated heterocycles. The predicted octanol–water partition coefficient (Wildman–Crippen LogP) is 4.31. The molecule has 3 rings (SSSR count). The molecule has 0 saturated carbocycles. The Balaban J connectivity index is 1.65. The first-order chi connectivity index (χ1) is 11.3. The molecule has 1 fully saturated rings. The van der Waals surface area contributed by atoms with Crippen molar-refractivity contribution in [2.45, 2.75) is 32.2 Å². The smallest absolute Gasteiger partial charge is 0.255 e. The number of benzene rings is 2. The summed E-state index contributed by atoms with van der Waals surface area (Å²) in [5.74, 6) is -0.0473. The molecular formula is C20H24N2O. The Kier molecular flexibility index (Phi) is 5.43. The molecule has 1 aliphatic rings. The van der Waals surface area contributed by atoms with E-state index in [-0.39, 0.29) is 5.91 Å². The average Bonchev–Trinajstić information content (AvgIpc) is 2.85. The highest BCUT2D eigenvalue weighted by Gasteiger charge is 2.11. The van der Waals surface area contributed by atoms with E-state index >= 15 is 0 Å². The Morgan fingerprint density at radius 3 is 2.39 bits per heavy atom. The minimum atomic E-state index is -0.0473. The molecule has 3 nitrogen and oxygen atoms in total. The third kappa shape index (κ3) is 4.67. The first kappa shape index (κ1) is 15.8. The molecule has 1 amide bonds. The lowest BCUT2D eigenvalue weighted by Gasteiger charge is -2.20. The van der Waals surface area contributed by atoms with Gasteiger partial charge >= 0.3 is 0 Å². The highest BCUT2D eigenvalue weighted by atomic mass is 16.1. The van der Waals surface area contributed by atoms with E-state index in [2.05, 4.69) is 16.3 Å². The van der Waals surface area contributed by atoms with Crippen LogP contribution < -0.4 is 5.32 Å². The van der Waals surface area contributed by atoms with Gasteiger partial charge in [-0.1, -0.05) is 43.2 Å². The van der Waals surface area contributed by atoms with Gasteiger partial charge in [0.1, 0.15) is 0 Å². The molecule has 120 valence electrons. The van der Waals surface area contributed by atoms with Crippen molar-refractivity contribution >= 4 is 11.6 Å². The molecular weight excluding hydrogens is 284 g/mol. The van der Waals surface area contributed by atoms with Crippen LogP contribution in [0.25, 0.3) is 0 Å².